The third-order valence-electron chi connectivity index (χ3n) is 5.79. The van der Waals surface area contributed by atoms with Crippen LogP contribution in [0, 0.1) is 6.92 Å². The van der Waals surface area contributed by atoms with Gasteiger partial charge in [-0.05, 0) is 39.1 Å². The zero-order chi connectivity index (χ0) is 24.7. The average Bonchev–Trinajstić information content (AvgIpc) is 3.25. The summed E-state index contributed by atoms with van der Waals surface area (Å²) in [4.78, 5) is 21.6. The molecule has 0 fully saturated rings. The van der Waals surface area contributed by atoms with E-state index < -0.39 is 17.7 Å². The van der Waals surface area contributed by atoms with E-state index in [0.29, 0.717) is 22.6 Å². The quantitative estimate of drug-likeness (QED) is 0.349. The predicted molar refractivity (Wildman–Crippen MR) is 135 cm³/mol. The van der Waals surface area contributed by atoms with Crippen molar-refractivity contribution < 1.29 is 14.6 Å². The van der Waals surface area contributed by atoms with Gasteiger partial charge in [0.25, 0.3) is 0 Å². The highest BCUT2D eigenvalue weighted by Crippen LogP contribution is 2.38. The van der Waals surface area contributed by atoms with Crippen LogP contribution in [0.5, 0.6) is 0 Å². The molecule has 0 aliphatic heterocycles. The molecule has 7 nitrogen and oxygen atoms in total. The molecule has 1 atom stereocenters. The molecule has 3 aromatic heterocycles. The number of aliphatic carboxylic acids is 1. The Kier molecular flexibility index (Phi) is 5.57. The minimum Gasteiger partial charge on any atom is -0.479 e. The molecule has 1 N–H and O–H groups in total. The van der Waals surface area contributed by atoms with Crippen molar-refractivity contribution in [3.63, 3.8) is 0 Å². The molecule has 5 rings (SSSR count). The first-order chi connectivity index (χ1) is 16.7. The van der Waals surface area contributed by atoms with Crippen molar-refractivity contribution in [2.75, 3.05) is 0 Å². The van der Waals surface area contributed by atoms with Gasteiger partial charge in [-0.3, -0.25) is 4.98 Å². The molecule has 7 heteroatoms. The van der Waals surface area contributed by atoms with Crippen LogP contribution >= 0.6 is 0 Å². The molecule has 1 unspecified atom stereocenters. The van der Waals surface area contributed by atoms with Crippen LogP contribution in [0.25, 0.3) is 38.9 Å². The van der Waals surface area contributed by atoms with Crippen LogP contribution in [-0.2, 0) is 9.53 Å². The number of aromatic nitrogens is 4. The molecule has 0 saturated carbocycles. The van der Waals surface area contributed by atoms with E-state index in [2.05, 4.69) is 4.98 Å². The van der Waals surface area contributed by atoms with Gasteiger partial charge in [0.1, 0.15) is 0 Å². The summed E-state index contributed by atoms with van der Waals surface area (Å²) in [6.07, 6.45) is 2.29. The molecule has 35 heavy (non-hydrogen) atoms. The Morgan fingerprint density at radius 1 is 1.06 bits per heavy atom. The van der Waals surface area contributed by atoms with Gasteiger partial charge in [0.2, 0.25) is 0 Å². The van der Waals surface area contributed by atoms with Crippen LogP contribution in [-0.4, -0.2) is 36.3 Å². The number of carboxylic acids is 1. The summed E-state index contributed by atoms with van der Waals surface area (Å²) in [7, 11) is 0. The second kappa shape index (κ2) is 8.60. The largest absolute Gasteiger partial charge is 0.479 e. The van der Waals surface area contributed by atoms with Crippen molar-refractivity contribution in [2.24, 2.45) is 0 Å². The Hall–Kier alpha value is -4.10. The number of hydrogen-bond acceptors (Lipinski definition) is 5. The monoisotopic (exact) mass is 466 g/mol. The number of carbonyl (C=O) groups is 1. The third-order valence-corrected chi connectivity index (χ3v) is 5.79. The lowest BCUT2D eigenvalue weighted by atomic mass is 9.95. The van der Waals surface area contributed by atoms with Crippen LogP contribution in [0.3, 0.4) is 0 Å². The van der Waals surface area contributed by atoms with E-state index in [9.17, 15) is 9.90 Å². The fraction of sp³-hybridized carbons (Fsp3) is 0.214. The summed E-state index contributed by atoms with van der Waals surface area (Å²) < 4.78 is 7.83. The Balaban J connectivity index is 1.89. The summed E-state index contributed by atoms with van der Waals surface area (Å²) in [5.74, 6) is -1.08. The second-order valence-corrected chi connectivity index (χ2v) is 9.48. The summed E-state index contributed by atoms with van der Waals surface area (Å²) >= 11 is 0. The number of aryl methyl sites for hydroxylation is 1. The topological polar surface area (TPSA) is 89.6 Å². The summed E-state index contributed by atoms with van der Waals surface area (Å²) in [6.45, 7) is 7.35. The second-order valence-electron chi connectivity index (χ2n) is 9.48. The number of pyridine rings is 1. The SMILES string of the molecule is Cc1nc2cc(-c3ccccc3)nn2c(-c2cccc3cnccc23)c1C(OC(C)(C)C)C(=O)O. The zero-order valence-electron chi connectivity index (χ0n) is 20.1. The van der Waals surface area contributed by atoms with Gasteiger partial charge in [-0.2, -0.15) is 5.10 Å². The molecular weight excluding hydrogens is 440 g/mol. The van der Waals surface area contributed by atoms with Crippen molar-refractivity contribution in [1.82, 2.24) is 19.6 Å². The number of rotatable bonds is 5. The molecule has 0 aliphatic rings. The smallest absolute Gasteiger partial charge is 0.337 e. The van der Waals surface area contributed by atoms with Crippen LogP contribution < -0.4 is 0 Å². The van der Waals surface area contributed by atoms with Gasteiger partial charge < -0.3 is 9.84 Å². The molecular formula is C28H26N4O3. The Bertz CT molecular complexity index is 1550. The number of benzene rings is 2. The molecule has 2 aromatic carbocycles. The van der Waals surface area contributed by atoms with Gasteiger partial charge in [-0.25, -0.2) is 14.3 Å². The number of ether oxygens (including phenoxy) is 1. The van der Waals surface area contributed by atoms with E-state index in [-0.39, 0.29) is 0 Å². The molecule has 0 saturated heterocycles. The van der Waals surface area contributed by atoms with E-state index in [4.69, 9.17) is 14.8 Å². The van der Waals surface area contributed by atoms with Crippen molar-refractivity contribution in [1.29, 1.82) is 0 Å². The number of nitrogens with zero attached hydrogens (tertiary/aromatic N) is 4. The number of carboxylic acid groups (broad SMARTS) is 1. The lowest BCUT2D eigenvalue weighted by Gasteiger charge is -2.27. The van der Waals surface area contributed by atoms with Crippen molar-refractivity contribution in [3.05, 3.63) is 84.3 Å². The number of hydrogen-bond donors (Lipinski definition) is 1. The van der Waals surface area contributed by atoms with Gasteiger partial charge in [0, 0.05) is 46.2 Å². The van der Waals surface area contributed by atoms with Gasteiger partial charge in [0.15, 0.2) is 11.8 Å². The molecule has 0 amide bonds. The summed E-state index contributed by atoms with van der Waals surface area (Å²) in [5.41, 5.74) is 4.18. The van der Waals surface area contributed by atoms with Gasteiger partial charge in [0.05, 0.1) is 17.0 Å². The van der Waals surface area contributed by atoms with Crippen molar-refractivity contribution in [3.8, 4) is 22.5 Å². The fourth-order valence-electron chi connectivity index (χ4n) is 4.37. The van der Waals surface area contributed by atoms with E-state index in [1.54, 1.807) is 16.9 Å². The van der Waals surface area contributed by atoms with Crippen molar-refractivity contribution in [2.45, 2.75) is 39.4 Å². The average molecular weight is 467 g/mol. The lowest BCUT2D eigenvalue weighted by molar-refractivity contribution is -0.160. The maximum Gasteiger partial charge on any atom is 0.337 e. The summed E-state index contributed by atoms with van der Waals surface area (Å²) in [5, 5.41) is 17.0. The molecule has 0 spiro atoms. The van der Waals surface area contributed by atoms with Gasteiger partial charge in [-0.1, -0.05) is 48.5 Å². The first-order valence-electron chi connectivity index (χ1n) is 11.4. The van der Waals surface area contributed by atoms with E-state index in [1.165, 1.54) is 0 Å². The summed E-state index contributed by atoms with van der Waals surface area (Å²) in [6, 6.07) is 19.6. The first kappa shape index (κ1) is 22.7. The predicted octanol–water partition coefficient (Wildman–Crippen LogP) is 5.86. The molecule has 5 aromatic rings. The molecule has 176 valence electrons. The Labute approximate surface area is 203 Å². The van der Waals surface area contributed by atoms with E-state index in [0.717, 1.165) is 27.6 Å². The van der Waals surface area contributed by atoms with Crippen molar-refractivity contribution >= 4 is 22.4 Å². The van der Waals surface area contributed by atoms with E-state index in [1.807, 2.05) is 88.4 Å². The zero-order valence-corrected chi connectivity index (χ0v) is 20.1. The maximum atomic E-state index is 12.5. The fourth-order valence-corrected chi connectivity index (χ4v) is 4.37. The number of fused-ring (bicyclic) bond motifs is 2. The van der Waals surface area contributed by atoms with Crippen LogP contribution in [0.4, 0.5) is 0 Å². The standard InChI is InChI=1S/C28H26N4O3/c1-17-24(26(27(33)34)35-28(2,3)4)25(21-12-8-11-19-16-29-14-13-20(19)21)32-23(30-17)15-22(31-32)18-9-6-5-7-10-18/h5-16,26H,1-4H3,(H,33,34). The molecule has 3 heterocycles. The highest BCUT2D eigenvalue weighted by Gasteiger charge is 2.33. The van der Waals surface area contributed by atoms with Crippen LogP contribution in [0.2, 0.25) is 0 Å². The normalized spacial score (nSPS) is 12.8. The molecule has 0 radical (unpaired) electrons. The Morgan fingerprint density at radius 2 is 1.83 bits per heavy atom. The lowest BCUT2D eigenvalue weighted by Crippen LogP contribution is -2.29. The first-order valence-corrected chi connectivity index (χ1v) is 11.4. The maximum absolute atomic E-state index is 12.5. The minimum atomic E-state index is -1.23. The third kappa shape index (κ3) is 4.26. The van der Waals surface area contributed by atoms with E-state index >= 15 is 0 Å². The Morgan fingerprint density at radius 3 is 2.54 bits per heavy atom. The minimum absolute atomic E-state index is 0.479. The molecule has 0 aliphatic carbocycles. The van der Waals surface area contributed by atoms with Gasteiger partial charge >= 0.3 is 5.97 Å². The highest BCUT2D eigenvalue weighted by molar-refractivity contribution is 5.97. The van der Waals surface area contributed by atoms with Gasteiger partial charge in [-0.15, -0.1) is 0 Å². The van der Waals surface area contributed by atoms with Crippen LogP contribution in [0.1, 0.15) is 38.1 Å². The van der Waals surface area contributed by atoms with Crippen LogP contribution in [0.15, 0.2) is 73.1 Å². The molecule has 0 bridgehead atoms. The highest BCUT2D eigenvalue weighted by atomic mass is 16.5.